The van der Waals surface area contributed by atoms with Gasteiger partial charge >= 0.3 is 6.18 Å². The summed E-state index contributed by atoms with van der Waals surface area (Å²) in [5.41, 5.74) is 7.68. The van der Waals surface area contributed by atoms with E-state index in [2.05, 4.69) is 69.6 Å². The van der Waals surface area contributed by atoms with Gasteiger partial charge in [-0.1, -0.05) is 48.5 Å². The van der Waals surface area contributed by atoms with Crippen LogP contribution in [0.25, 0.3) is 22.4 Å². The lowest BCUT2D eigenvalue weighted by atomic mass is 9.99. The summed E-state index contributed by atoms with van der Waals surface area (Å²) in [6.07, 6.45) is -2.92. The average molecular weight is 870 g/mol. The Hall–Kier alpha value is -4.98. The molecule has 0 spiro atoms. The van der Waals surface area contributed by atoms with Crippen LogP contribution in [0.1, 0.15) is 35.9 Å². The standard InChI is InChI=1S/C47H47F4N5OS3/c1-31(2)56-32(3)45(58-4)43(44(56)33-11-7-5-8-12-33)34-27-35(48)29-38(28-34)55-24-22-54(23-25-55)37-17-15-36(16-18-37)53-60-40-19-20-42(41(30-40)46(57)47(49,50)51)52-21-26-59-39-13-9-6-10-14-39/h5-20,27-31,52-53H,21-26H2,1-4H3. The normalized spacial score (nSPS) is 13.2. The molecule has 0 saturated carbocycles. The molecule has 0 atom stereocenters. The van der Waals surface area contributed by atoms with Crippen LogP contribution in [0.2, 0.25) is 0 Å². The number of nitrogens with zero attached hydrogens (tertiary/aromatic N) is 3. The van der Waals surface area contributed by atoms with Crippen LogP contribution in [-0.4, -0.2) is 61.3 Å². The van der Waals surface area contributed by atoms with Crippen molar-refractivity contribution in [3.05, 3.63) is 138 Å². The van der Waals surface area contributed by atoms with Gasteiger partial charge in [0.05, 0.1) is 11.3 Å². The average Bonchev–Trinajstić information content (AvgIpc) is 3.57. The number of alkyl halides is 3. The molecule has 1 fully saturated rings. The molecule has 2 heterocycles. The van der Waals surface area contributed by atoms with Crippen molar-refractivity contribution >= 4 is 64.0 Å². The number of rotatable bonds is 15. The second kappa shape index (κ2) is 19.2. The molecule has 60 heavy (non-hydrogen) atoms. The monoisotopic (exact) mass is 869 g/mol. The lowest BCUT2D eigenvalue weighted by Gasteiger charge is -2.37. The first-order chi connectivity index (χ1) is 28.9. The second-order valence-electron chi connectivity index (χ2n) is 14.7. The molecule has 6 nitrogen and oxygen atoms in total. The topological polar surface area (TPSA) is 52.5 Å². The highest BCUT2D eigenvalue weighted by Gasteiger charge is 2.40. The van der Waals surface area contributed by atoms with E-state index in [1.165, 1.54) is 17.8 Å². The van der Waals surface area contributed by atoms with E-state index >= 15 is 4.39 Å². The van der Waals surface area contributed by atoms with Crippen LogP contribution < -0.4 is 19.8 Å². The number of thioether (sulfide) groups is 2. The smallest absolute Gasteiger partial charge is 0.384 e. The zero-order valence-corrected chi connectivity index (χ0v) is 36.3. The van der Waals surface area contributed by atoms with E-state index in [0.717, 1.165) is 74.3 Å². The Bertz CT molecular complexity index is 2400. The van der Waals surface area contributed by atoms with Crippen LogP contribution in [0.5, 0.6) is 0 Å². The molecule has 0 radical (unpaired) electrons. The quantitative estimate of drug-likeness (QED) is 0.0348. The van der Waals surface area contributed by atoms with E-state index in [4.69, 9.17) is 0 Å². The molecule has 2 N–H and O–H groups in total. The molecule has 1 saturated heterocycles. The van der Waals surface area contributed by atoms with Crippen LogP contribution in [0, 0.1) is 12.7 Å². The summed E-state index contributed by atoms with van der Waals surface area (Å²) in [6.45, 7) is 9.80. The van der Waals surface area contributed by atoms with E-state index in [-0.39, 0.29) is 17.5 Å². The molecule has 0 bridgehead atoms. The third-order valence-corrected chi connectivity index (χ3v) is 13.2. The maximum Gasteiger partial charge on any atom is 0.454 e. The van der Waals surface area contributed by atoms with E-state index < -0.39 is 17.5 Å². The predicted octanol–water partition coefficient (Wildman–Crippen LogP) is 13.0. The number of nitrogens with one attached hydrogen (secondary N) is 2. The fourth-order valence-electron chi connectivity index (χ4n) is 7.66. The molecule has 1 aromatic heterocycles. The molecule has 1 aliphatic heterocycles. The fourth-order valence-corrected chi connectivity index (χ4v) is 9.95. The summed E-state index contributed by atoms with van der Waals surface area (Å²) in [6, 6.07) is 38.0. The minimum Gasteiger partial charge on any atom is -0.384 e. The zero-order valence-electron chi connectivity index (χ0n) is 33.9. The van der Waals surface area contributed by atoms with E-state index in [1.807, 2.05) is 72.8 Å². The molecular formula is C47H47F4N5OS3. The molecule has 0 aliphatic carbocycles. The van der Waals surface area contributed by atoms with Gasteiger partial charge in [-0.15, -0.1) is 23.5 Å². The third kappa shape index (κ3) is 9.96. The third-order valence-electron chi connectivity index (χ3n) is 10.4. The molecule has 0 unspecified atom stereocenters. The Kier molecular flexibility index (Phi) is 13.8. The molecule has 7 rings (SSSR count). The predicted molar refractivity (Wildman–Crippen MR) is 245 cm³/mol. The van der Waals surface area contributed by atoms with Gasteiger partial charge in [0.15, 0.2) is 0 Å². The van der Waals surface area contributed by atoms with Crippen LogP contribution in [-0.2, 0) is 0 Å². The number of carbonyl (C=O) groups excluding carboxylic acids is 1. The molecular weight excluding hydrogens is 823 g/mol. The number of piperazine rings is 1. The lowest BCUT2D eigenvalue weighted by molar-refractivity contribution is -0.0884. The van der Waals surface area contributed by atoms with E-state index in [9.17, 15) is 18.0 Å². The highest BCUT2D eigenvalue weighted by molar-refractivity contribution is 8.00. The number of Topliss-reactive ketones (excluding diaryl/α,β-unsaturated/α-hetero) is 1. The SMILES string of the molecule is CSc1c(-c2cc(F)cc(N3CCN(c4ccc(NSc5ccc(NCCSc6ccccc6)c(C(=O)C(F)(F)F)c5)cc4)CC3)c2)c(-c2ccccc2)n(C(C)C)c1C. The van der Waals surface area contributed by atoms with Crippen LogP contribution in [0.4, 0.5) is 40.3 Å². The molecule has 1 aliphatic rings. The fraction of sp³-hybridized carbons (Fsp3) is 0.255. The van der Waals surface area contributed by atoms with E-state index in [0.29, 0.717) is 30.3 Å². The van der Waals surface area contributed by atoms with Crippen molar-refractivity contribution in [3.8, 4) is 22.4 Å². The number of aromatic nitrogens is 1. The Balaban J connectivity index is 0.996. The minimum atomic E-state index is -5.00. The van der Waals surface area contributed by atoms with Gasteiger partial charge < -0.3 is 24.4 Å². The van der Waals surface area contributed by atoms with Gasteiger partial charge in [-0.3, -0.25) is 4.79 Å². The summed E-state index contributed by atoms with van der Waals surface area (Å²) in [4.78, 5) is 19.6. The molecule has 6 aromatic rings. The van der Waals surface area contributed by atoms with Gasteiger partial charge in [-0.2, -0.15) is 13.2 Å². The van der Waals surface area contributed by atoms with Crippen LogP contribution >= 0.6 is 35.5 Å². The zero-order chi connectivity index (χ0) is 42.4. The van der Waals surface area contributed by atoms with Crippen molar-refractivity contribution in [1.29, 1.82) is 0 Å². The summed E-state index contributed by atoms with van der Waals surface area (Å²) >= 11 is 4.41. The first-order valence-electron chi connectivity index (χ1n) is 19.8. The number of carbonyl (C=O) groups is 1. The van der Waals surface area contributed by atoms with E-state index in [1.54, 1.807) is 41.7 Å². The number of hydrogen-bond acceptors (Lipinski definition) is 8. The first kappa shape index (κ1) is 43.1. The Morgan fingerprint density at radius 2 is 1.42 bits per heavy atom. The van der Waals surface area contributed by atoms with Crippen LogP contribution in [0.15, 0.2) is 136 Å². The summed E-state index contributed by atoms with van der Waals surface area (Å²) in [5.74, 6) is -1.54. The van der Waals surface area contributed by atoms with Gasteiger partial charge in [0.25, 0.3) is 5.78 Å². The number of anilines is 4. The molecule has 13 heteroatoms. The van der Waals surface area contributed by atoms with Gasteiger partial charge in [-0.25, -0.2) is 4.39 Å². The molecule has 0 amide bonds. The maximum absolute atomic E-state index is 15.6. The largest absolute Gasteiger partial charge is 0.454 e. The van der Waals surface area contributed by atoms with Crippen molar-refractivity contribution in [1.82, 2.24) is 4.57 Å². The Labute approximate surface area is 362 Å². The highest BCUT2D eigenvalue weighted by atomic mass is 32.2. The Morgan fingerprint density at radius 3 is 2.05 bits per heavy atom. The Morgan fingerprint density at radius 1 is 0.767 bits per heavy atom. The summed E-state index contributed by atoms with van der Waals surface area (Å²) in [5, 5.41) is 3.02. The van der Waals surface area contributed by atoms with Gasteiger partial charge in [-0.05, 0) is 123 Å². The number of ketones is 1. The lowest BCUT2D eigenvalue weighted by Crippen LogP contribution is -2.46. The maximum atomic E-state index is 15.6. The van der Waals surface area contributed by atoms with Gasteiger partial charge in [0, 0.05) is 93.2 Å². The van der Waals surface area contributed by atoms with Crippen LogP contribution in [0.3, 0.4) is 0 Å². The van der Waals surface area contributed by atoms with Gasteiger partial charge in [0.2, 0.25) is 0 Å². The van der Waals surface area contributed by atoms with Gasteiger partial charge in [0.1, 0.15) is 5.82 Å². The number of halogens is 4. The highest BCUT2D eigenvalue weighted by Crippen LogP contribution is 2.46. The summed E-state index contributed by atoms with van der Waals surface area (Å²) in [7, 11) is 0. The van der Waals surface area contributed by atoms with Crippen molar-refractivity contribution in [2.24, 2.45) is 0 Å². The second-order valence-corrected chi connectivity index (χ2v) is 17.6. The number of hydrogen-bond donors (Lipinski definition) is 2. The number of benzene rings is 5. The first-order valence-corrected chi connectivity index (χ1v) is 22.8. The van der Waals surface area contributed by atoms with Crippen molar-refractivity contribution in [2.75, 3.05) is 64.6 Å². The molecule has 312 valence electrons. The van der Waals surface area contributed by atoms with Crippen molar-refractivity contribution in [2.45, 2.75) is 47.7 Å². The molecule has 5 aromatic carbocycles. The van der Waals surface area contributed by atoms with Crippen molar-refractivity contribution < 1.29 is 22.4 Å². The van der Waals surface area contributed by atoms with Crippen molar-refractivity contribution in [3.63, 3.8) is 0 Å². The summed E-state index contributed by atoms with van der Waals surface area (Å²) < 4.78 is 61.9. The minimum absolute atomic E-state index is 0.149.